The first kappa shape index (κ1) is 7.93. The molecule has 0 aliphatic heterocycles. The Balaban J connectivity index is 4.83. The van der Waals surface area contributed by atoms with E-state index < -0.39 is 15.5 Å². The number of hydrogen-bond acceptors (Lipinski definition) is 4. The van der Waals surface area contributed by atoms with Gasteiger partial charge in [-0.2, -0.15) is 10.5 Å². The normalized spacial score (nSPS) is 10.2. The molecule has 0 aromatic heterocycles. The highest BCUT2D eigenvalue weighted by atomic mass is 32.2. The van der Waals surface area contributed by atoms with Gasteiger partial charge in [-0.3, -0.25) is 0 Å². The van der Waals surface area contributed by atoms with Crippen molar-refractivity contribution in [1.29, 1.82) is 10.5 Å². The molecule has 0 fully saturated rings. The Bertz CT molecular complexity index is 233. The maximum atomic E-state index is 10.1. The minimum atomic E-state index is -2.97. The van der Waals surface area contributed by atoms with Crippen LogP contribution in [0.2, 0.25) is 0 Å². The van der Waals surface area contributed by atoms with Gasteiger partial charge < -0.3 is 0 Å². The van der Waals surface area contributed by atoms with Gasteiger partial charge in [0.15, 0.2) is 10.7 Å². The first-order chi connectivity index (χ1) is 4.06. The fourth-order valence-electron chi connectivity index (χ4n) is 0.107. The predicted molar refractivity (Wildman–Crippen MR) is 29.9 cm³/mol. The van der Waals surface area contributed by atoms with Crippen LogP contribution in [0.15, 0.2) is 0 Å². The summed E-state index contributed by atoms with van der Waals surface area (Å²) in [5.41, 5.74) is 0. The molecular weight excluding hydrogens is 140 g/mol. The van der Waals surface area contributed by atoms with Gasteiger partial charge in [0.25, 0.3) is 0 Å². The molecule has 0 spiro atoms. The molecule has 0 saturated heterocycles. The Hall–Kier alpha value is -1.07. The fourth-order valence-corrected chi connectivity index (χ4v) is 0.270. The van der Waals surface area contributed by atoms with Gasteiger partial charge in [-0.05, 0) is 6.92 Å². The highest BCUT2D eigenvalue weighted by Gasteiger charge is 2.26. The number of nitrogens with zero attached hydrogens (tertiary/aromatic N) is 2. The van der Waals surface area contributed by atoms with Crippen LogP contribution in [0.3, 0.4) is 0 Å². The molecule has 0 bridgehead atoms. The van der Waals surface area contributed by atoms with Crippen LogP contribution in [-0.4, -0.2) is 13.2 Å². The summed E-state index contributed by atoms with van der Waals surface area (Å²) < 4.78 is 18.3. The Morgan fingerprint density at radius 2 is 1.67 bits per heavy atom. The summed E-state index contributed by atoms with van der Waals surface area (Å²) in [6.07, 6.45) is 0. The van der Waals surface area contributed by atoms with E-state index in [1.165, 1.54) is 12.1 Å². The van der Waals surface area contributed by atoms with Crippen molar-refractivity contribution in [3.8, 4) is 12.1 Å². The van der Waals surface area contributed by atoms with Crippen LogP contribution in [0, 0.1) is 22.7 Å². The van der Waals surface area contributed by atoms with Gasteiger partial charge in [0.2, 0.25) is 4.75 Å². The van der Waals surface area contributed by atoms with E-state index in [9.17, 15) is 8.42 Å². The quantitative estimate of drug-likeness (QED) is 0.498. The number of rotatable bonds is 1. The topological polar surface area (TPSA) is 81.7 Å². The minimum Gasteiger partial charge on any atom is -0.229 e. The van der Waals surface area contributed by atoms with E-state index in [-0.39, 0.29) is 0 Å². The zero-order valence-corrected chi connectivity index (χ0v) is 5.55. The first-order valence-corrected chi connectivity index (χ1v) is 3.21. The molecule has 5 heteroatoms. The zero-order valence-electron chi connectivity index (χ0n) is 4.66. The molecule has 4 nitrogen and oxygen atoms in total. The maximum absolute atomic E-state index is 10.1. The van der Waals surface area contributed by atoms with Crippen molar-refractivity contribution in [3.63, 3.8) is 0 Å². The summed E-state index contributed by atoms with van der Waals surface area (Å²) in [5, 5.41) is 16.2. The lowest BCUT2D eigenvalue weighted by molar-refractivity contribution is 0.603. The van der Waals surface area contributed by atoms with Gasteiger partial charge in [-0.25, -0.2) is 8.42 Å². The van der Waals surface area contributed by atoms with Crippen LogP contribution in [0.25, 0.3) is 0 Å². The van der Waals surface area contributed by atoms with Gasteiger partial charge >= 0.3 is 0 Å². The van der Waals surface area contributed by atoms with E-state index in [2.05, 4.69) is 0 Å². The highest BCUT2D eigenvalue weighted by molar-refractivity contribution is 7.74. The molecule has 0 aliphatic rings. The van der Waals surface area contributed by atoms with Crippen molar-refractivity contribution in [1.82, 2.24) is 0 Å². The second-order valence-electron chi connectivity index (χ2n) is 1.55. The van der Waals surface area contributed by atoms with Crippen molar-refractivity contribution >= 4 is 10.7 Å². The van der Waals surface area contributed by atoms with Crippen LogP contribution < -0.4 is 0 Å². The van der Waals surface area contributed by atoms with Crippen molar-refractivity contribution in [3.05, 3.63) is 0 Å². The zero-order chi connectivity index (χ0) is 7.49. The molecule has 0 aliphatic carbocycles. The maximum Gasteiger partial charge on any atom is 0.237 e. The molecule has 0 radical (unpaired) electrons. The van der Waals surface area contributed by atoms with Crippen molar-refractivity contribution in [2.24, 2.45) is 0 Å². The van der Waals surface area contributed by atoms with Crippen molar-refractivity contribution in [2.75, 3.05) is 0 Å². The highest BCUT2D eigenvalue weighted by Crippen LogP contribution is 2.03. The molecule has 0 saturated carbocycles. The predicted octanol–water partition coefficient (Wildman–Crippen LogP) is -0.596. The number of thiol groups is 1. The molecular formula is C4H4N2O2S. The molecule has 48 valence electrons. The van der Waals surface area contributed by atoms with Crippen LogP contribution in [0.4, 0.5) is 0 Å². The third-order valence-corrected chi connectivity index (χ3v) is 1.73. The largest absolute Gasteiger partial charge is 0.237 e. The van der Waals surface area contributed by atoms with Crippen molar-refractivity contribution < 1.29 is 8.42 Å². The third kappa shape index (κ3) is 1.41. The van der Waals surface area contributed by atoms with E-state index in [1.54, 1.807) is 0 Å². The second-order valence-corrected chi connectivity index (χ2v) is 2.96. The van der Waals surface area contributed by atoms with E-state index in [0.717, 1.165) is 6.92 Å². The van der Waals surface area contributed by atoms with Crippen LogP contribution in [-0.2, 0) is 10.7 Å². The van der Waals surface area contributed by atoms with Crippen LogP contribution in [0.5, 0.6) is 0 Å². The fraction of sp³-hybridized carbons (Fsp3) is 0.500. The van der Waals surface area contributed by atoms with Gasteiger partial charge in [-0.1, -0.05) is 0 Å². The standard InChI is InChI=1S/C4H4N2O2S/c1-4(2-5,3-6)9(7)8/h9H,1H3. The monoisotopic (exact) mass is 144 g/mol. The molecule has 0 heterocycles. The third-order valence-electron chi connectivity index (χ3n) is 0.801. The van der Waals surface area contributed by atoms with Gasteiger partial charge in [-0.15, -0.1) is 0 Å². The summed E-state index contributed by atoms with van der Waals surface area (Å²) in [6, 6.07) is 2.74. The van der Waals surface area contributed by atoms with E-state index >= 15 is 0 Å². The summed E-state index contributed by atoms with van der Waals surface area (Å²) in [7, 11) is -2.97. The van der Waals surface area contributed by atoms with Gasteiger partial charge in [0.1, 0.15) is 12.1 Å². The van der Waals surface area contributed by atoms with E-state index in [1.807, 2.05) is 0 Å². The van der Waals surface area contributed by atoms with Crippen LogP contribution in [0.1, 0.15) is 6.92 Å². The Morgan fingerprint density at radius 1 is 1.33 bits per heavy atom. The Kier molecular flexibility index (Phi) is 2.18. The van der Waals surface area contributed by atoms with E-state index in [4.69, 9.17) is 10.5 Å². The summed E-state index contributed by atoms with van der Waals surface area (Å²) in [4.78, 5) is 0. The Labute approximate surface area is 54.3 Å². The molecule has 0 aromatic carbocycles. The van der Waals surface area contributed by atoms with Gasteiger partial charge in [0.05, 0.1) is 0 Å². The lowest BCUT2D eigenvalue weighted by Gasteiger charge is -1.97. The smallest absolute Gasteiger partial charge is 0.229 e. The SMILES string of the molecule is CC(C#N)(C#N)[SH](=O)=O. The average Bonchev–Trinajstić information content (AvgIpc) is 1.86. The molecule has 9 heavy (non-hydrogen) atoms. The average molecular weight is 144 g/mol. The lowest BCUT2D eigenvalue weighted by Crippen LogP contribution is -2.20. The van der Waals surface area contributed by atoms with Crippen molar-refractivity contribution in [2.45, 2.75) is 11.7 Å². The second kappa shape index (κ2) is 2.47. The molecule has 0 amide bonds. The molecule has 0 N–H and O–H groups in total. The van der Waals surface area contributed by atoms with Gasteiger partial charge in [0, 0.05) is 0 Å². The summed E-state index contributed by atoms with van der Waals surface area (Å²) >= 11 is 0. The van der Waals surface area contributed by atoms with E-state index in [0.29, 0.717) is 0 Å². The first-order valence-electron chi connectivity index (χ1n) is 2.04. The molecule has 0 aromatic rings. The Morgan fingerprint density at radius 3 is 1.67 bits per heavy atom. The minimum absolute atomic E-state index is 1.05. The van der Waals surface area contributed by atoms with Crippen LogP contribution >= 0.6 is 0 Å². The molecule has 0 rings (SSSR count). The molecule has 0 unspecified atom stereocenters. The molecule has 0 atom stereocenters. The lowest BCUT2D eigenvalue weighted by atomic mass is 10.2. The number of nitriles is 2. The summed E-state index contributed by atoms with van der Waals surface area (Å²) in [6.45, 7) is 1.05. The summed E-state index contributed by atoms with van der Waals surface area (Å²) in [5.74, 6) is 0. The number of hydrogen-bond donors (Lipinski definition) is 1.